The number of hydrogen-bond donors (Lipinski definition) is 2. The van der Waals surface area contributed by atoms with Crippen LogP contribution in [0.4, 0.5) is 4.79 Å². The fraction of sp³-hybridized carbons (Fsp3) is 0.342. The Morgan fingerprint density at radius 2 is 1.49 bits per heavy atom. The smallest absolute Gasteiger partial charge is 0.408 e. The van der Waals surface area contributed by atoms with Crippen LogP contribution in [0.5, 0.6) is 0 Å². The highest BCUT2D eigenvalue weighted by atomic mass is 16.6. The molecule has 2 heterocycles. The summed E-state index contributed by atoms with van der Waals surface area (Å²) in [6.45, 7) is 9.23. The lowest BCUT2D eigenvalue weighted by Gasteiger charge is -2.36. The molecule has 0 aliphatic carbocycles. The Kier molecular flexibility index (Phi) is 11.1. The number of ether oxygens (including phenoxy) is 3. The molecule has 1 aliphatic rings. The van der Waals surface area contributed by atoms with Gasteiger partial charge in [0.1, 0.15) is 11.4 Å². The first-order valence-corrected chi connectivity index (χ1v) is 16.4. The van der Waals surface area contributed by atoms with Crippen molar-refractivity contribution in [1.82, 2.24) is 25.4 Å². The third-order valence-corrected chi connectivity index (χ3v) is 7.64. The summed E-state index contributed by atoms with van der Waals surface area (Å²) < 4.78 is 19.9. The van der Waals surface area contributed by atoms with Gasteiger partial charge < -0.3 is 24.8 Å². The molecule has 3 atom stereocenters. The molecular formula is C38H43N5O6. The van der Waals surface area contributed by atoms with Gasteiger partial charge >= 0.3 is 12.1 Å². The molecule has 0 fully saturated rings. The first kappa shape index (κ1) is 34.9. The van der Waals surface area contributed by atoms with Gasteiger partial charge in [-0.25, -0.2) is 19.3 Å². The second-order valence-electron chi connectivity index (χ2n) is 12.8. The van der Waals surface area contributed by atoms with E-state index in [1.165, 1.54) is 13.0 Å². The lowest BCUT2D eigenvalue weighted by atomic mass is 9.97. The van der Waals surface area contributed by atoms with Gasteiger partial charge in [0, 0.05) is 19.9 Å². The van der Waals surface area contributed by atoms with Crippen LogP contribution >= 0.6 is 0 Å². The average Bonchev–Trinajstić information content (AvgIpc) is 3.46. The second-order valence-corrected chi connectivity index (χ2v) is 12.8. The summed E-state index contributed by atoms with van der Waals surface area (Å²) in [4.78, 5) is 44.6. The summed E-state index contributed by atoms with van der Waals surface area (Å²) in [6, 6.07) is 26.8. The number of hydrogen-bond acceptors (Lipinski definition) is 8. The van der Waals surface area contributed by atoms with E-state index < -0.39 is 42.0 Å². The van der Waals surface area contributed by atoms with Gasteiger partial charge in [-0.15, -0.1) is 0 Å². The number of alkyl carbamates (subject to hydrolysis) is 1. The van der Waals surface area contributed by atoms with Crippen molar-refractivity contribution in [3.63, 3.8) is 0 Å². The zero-order valence-corrected chi connectivity index (χ0v) is 28.5. The van der Waals surface area contributed by atoms with E-state index >= 15 is 0 Å². The molecule has 2 amide bonds. The van der Waals surface area contributed by atoms with Gasteiger partial charge in [-0.3, -0.25) is 4.79 Å². The molecule has 4 aromatic rings. The minimum absolute atomic E-state index is 0.166. The molecule has 0 unspecified atom stereocenters. The highest BCUT2D eigenvalue weighted by Gasteiger charge is 2.43. The van der Waals surface area contributed by atoms with Gasteiger partial charge in [-0.2, -0.15) is 5.10 Å². The van der Waals surface area contributed by atoms with Gasteiger partial charge in [-0.1, -0.05) is 97.9 Å². The molecule has 2 N–H and O–H groups in total. The number of rotatable bonds is 11. The van der Waals surface area contributed by atoms with Gasteiger partial charge in [0.05, 0.1) is 12.1 Å². The van der Waals surface area contributed by atoms with Gasteiger partial charge in [0.25, 0.3) is 0 Å². The first-order valence-electron chi connectivity index (χ1n) is 16.4. The third kappa shape index (κ3) is 9.34. The summed E-state index contributed by atoms with van der Waals surface area (Å²) in [5.74, 6) is -0.370. The number of carbonyl (C=O) groups excluding carboxylic acids is 3. The molecule has 49 heavy (non-hydrogen) atoms. The molecule has 11 nitrogen and oxygen atoms in total. The summed E-state index contributed by atoms with van der Waals surface area (Å²) in [6.07, 6.45) is 0.179. The summed E-state index contributed by atoms with van der Waals surface area (Å²) >= 11 is 0. The monoisotopic (exact) mass is 665 g/mol. The molecular weight excluding hydrogens is 622 g/mol. The maximum atomic E-state index is 14.0. The molecule has 5 rings (SSSR count). The largest absolute Gasteiger partial charge is 0.473 e. The maximum Gasteiger partial charge on any atom is 0.408 e. The van der Waals surface area contributed by atoms with Crippen molar-refractivity contribution in [1.29, 1.82) is 0 Å². The van der Waals surface area contributed by atoms with Crippen molar-refractivity contribution in [3.05, 3.63) is 131 Å². The average molecular weight is 666 g/mol. The third-order valence-electron chi connectivity index (χ3n) is 7.64. The Hall–Kier alpha value is -5.45. The van der Waals surface area contributed by atoms with E-state index in [4.69, 9.17) is 24.3 Å². The number of nitrogens with one attached hydrogen (secondary N) is 2. The normalized spacial score (nSPS) is 17.4. The fourth-order valence-corrected chi connectivity index (χ4v) is 5.57. The number of esters is 1. The molecule has 256 valence electrons. The van der Waals surface area contributed by atoms with Crippen molar-refractivity contribution in [3.8, 4) is 0 Å². The van der Waals surface area contributed by atoms with Crippen LogP contribution in [-0.2, 0) is 36.8 Å². The van der Waals surface area contributed by atoms with E-state index in [2.05, 4.69) is 10.6 Å². The number of amides is 2. The van der Waals surface area contributed by atoms with Gasteiger partial charge in [0.2, 0.25) is 11.7 Å². The SMILES string of the molecule is CCCn1nc([C@@H]2OC(C(=O)OC(c3ccccc3)c3ccccc3)=C[C@H](NC(=O)OC(C)(C)C)[C@H]2NC(C)=O)nc1Cc1ccccc1. The van der Waals surface area contributed by atoms with Crippen LogP contribution in [0.2, 0.25) is 0 Å². The highest BCUT2D eigenvalue weighted by molar-refractivity contribution is 5.87. The molecule has 1 aliphatic heterocycles. The van der Waals surface area contributed by atoms with Crippen molar-refractivity contribution in [2.45, 2.75) is 83.9 Å². The van der Waals surface area contributed by atoms with E-state index in [1.54, 1.807) is 20.8 Å². The Morgan fingerprint density at radius 1 is 0.898 bits per heavy atom. The van der Waals surface area contributed by atoms with E-state index in [9.17, 15) is 14.4 Å². The molecule has 3 aromatic carbocycles. The van der Waals surface area contributed by atoms with Crippen LogP contribution in [0.3, 0.4) is 0 Å². The van der Waals surface area contributed by atoms with Crippen LogP contribution in [0.15, 0.2) is 103 Å². The van der Waals surface area contributed by atoms with Crippen molar-refractivity contribution in [2.75, 3.05) is 0 Å². The minimum Gasteiger partial charge on any atom is -0.473 e. The summed E-state index contributed by atoms with van der Waals surface area (Å²) in [5.41, 5.74) is 1.78. The molecule has 0 saturated heterocycles. The van der Waals surface area contributed by atoms with Crippen LogP contribution in [0.1, 0.15) is 81.6 Å². The number of benzene rings is 3. The van der Waals surface area contributed by atoms with E-state index in [0.29, 0.717) is 18.8 Å². The molecule has 11 heteroatoms. The van der Waals surface area contributed by atoms with Gasteiger partial charge in [-0.05, 0) is 50.0 Å². The van der Waals surface area contributed by atoms with Crippen molar-refractivity contribution >= 4 is 18.0 Å². The topological polar surface area (TPSA) is 134 Å². The van der Waals surface area contributed by atoms with Gasteiger partial charge in [0.15, 0.2) is 18.0 Å². The lowest BCUT2D eigenvalue weighted by molar-refractivity contribution is -0.149. The van der Waals surface area contributed by atoms with E-state index in [1.807, 2.05) is 103 Å². The fourth-order valence-electron chi connectivity index (χ4n) is 5.57. The molecule has 0 bridgehead atoms. The zero-order valence-electron chi connectivity index (χ0n) is 28.5. The predicted octanol–water partition coefficient (Wildman–Crippen LogP) is 5.96. The predicted molar refractivity (Wildman–Crippen MR) is 183 cm³/mol. The quantitative estimate of drug-likeness (QED) is 0.188. The standard InChI is InChI=1S/C38H43N5O6/c1-6-22-43-31(23-26-16-10-7-11-17-26)41-35(42-43)34-32(39-25(2)44)29(40-37(46)49-38(3,4)5)24-30(47-34)36(45)48-33(27-18-12-8-13-19-27)28-20-14-9-15-21-28/h7-21,24,29,32-34H,6,22-23H2,1-5H3,(H,39,44)(H,40,46)/t29-,32+,34+/m0/s1. The highest BCUT2D eigenvalue weighted by Crippen LogP contribution is 2.33. The van der Waals surface area contributed by atoms with Crippen molar-refractivity contribution in [2.24, 2.45) is 0 Å². The summed E-state index contributed by atoms with van der Waals surface area (Å²) in [7, 11) is 0. The van der Waals surface area contributed by atoms with Crippen LogP contribution in [0, 0.1) is 0 Å². The second kappa shape index (κ2) is 15.6. The number of aryl methyl sites for hydroxylation is 1. The van der Waals surface area contributed by atoms with Crippen molar-refractivity contribution < 1.29 is 28.6 Å². The molecule has 0 radical (unpaired) electrons. The maximum absolute atomic E-state index is 14.0. The molecule has 1 aromatic heterocycles. The Bertz CT molecular complexity index is 1710. The van der Waals surface area contributed by atoms with Crippen LogP contribution < -0.4 is 10.6 Å². The van der Waals surface area contributed by atoms with Crippen LogP contribution in [0.25, 0.3) is 0 Å². The van der Waals surface area contributed by atoms with E-state index in [-0.39, 0.29) is 17.5 Å². The Balaban J connectivity index is 1.54. The molecule has 0 spiro atoms. The zero-order chi connectivity index (χ0) is 35.0. The number of aromatic nitrogens is 3. The number of nitrogens with zero attached hydrogens (tertiary/aromatic N) is 3. The Morgan fingerprint density at radius 3 is 2.04 bits per heavy atom. The summed E-state index contributed by atoms with van der Waals surface area (Å²) in [5, 5.41) is 10.5. The molecule has 0 saturated carbocycles. The minimum atomic E-state index is -1.07. The number of carbonyl (C=O) groups is 3. The van der Waals surface area contributed by atoms with E-state index in [0.717, 1.165) is 23.1 Å². The Labute approximate surface area is 286 Å². The lowest BCUT2D eigenvalue weighted by Crippen LogP contribution is -2.56. The van der Waals surface area contributed by atoms with Crippen LogP contribution in [-0.4, -0.2) is 50.4 Å². The first-order chi connectivity index (χ1) is 23.5.